The standard InChI is InChI=1S/C13H11Cl2NO2S/c14-11-5-7-12(8-6-11)19(17,18)16-9-10-3-1-2-4-13(10)15/h1-8,16H,9H2. The van der Waals surface area contributed by atoms with Gasteiger partial charge in [-0.3, -0.25) is 0 Å². The normalized spacial score (nSPS) is 11.5. The molecule has 0 aliphatic carbocycles. The summed E-state index contributed by atoms with van der Waals surface area (Å²) in [5, 5.41) is 1.02. The minimum atomic E-state index is -3.56. The molecule has 2 rings (SSSR count). The molecule has 0 saturated carbocycles. The Morgan fingerprint density at radius 2 is 1.58 bits per heavy atom. The van der Waals surface area contributed by atoms with Gasteiger partial charge in [-0.1, -0.05) is 41.4 Å². The highest BCUT2D eigenvalue weighted by Gasteiger charge is 2.13. The minimum absolute atomic E-state index is 0.143. The van der Waals surface area contributed by atoms with Crippen molar-refractivity contribution in [3.63, 3.8) is 0 Å². The zero-order valence-corrected chi connectivity index (χ0v) is 12.1. The van der Waals surface area contributed by atoms with Crippen molar-refractivity contribution < 1.29 is 8.42 Å². The van der Waals surface area contributed by atoms with Gasteiger partial charge in [-0.25, -0.2) is 13.1 Å². The highest BCUT2D eigenvalue weighted by atomic mass is 35.5. The predicted octanol–water partition coefficient (Wildman–Crippen LogP) is 3.47. The van der Waals surface area contributed by atoms with Crippen LogP contribution in [0.2, 0.25) is 10.0 Å². The fourth-order valence-corrected chi connectivity index (χ4v) is 2.85. The first-order valence-corrected chi connectivity index (χ1v) is 7.71. The smallest absolute Gasteiger partial charge is 0.207 e. The molecule has 0 atom stereocenters. The van der Waals surface area contributed by atoms with Crippen molar-refractivity contribution in [1.82, 2.24) is 4.72 Å². The van der Waals surface area contributed by atoms with E-state index in [2.05, 4.69) is 4.72 Å². The first-order valence-electron chi connectivity index (χ1n) is 5.48. The lowest BCUT2D eigenvalue weighted by atomic mass is 10.2. The van der Waals surface area contributed by atoms with Crippen LogP contribution >= 0.6 is 23.2 Å². The molecular formula is C13H11Cl2NO2S. The number of halogens is 2. The summed E-state index contributed by atoms with van der Waals surface area (Å²) in [6.45, 7) is 0.143. The number of nitrogens with one attached hydrogen (secondary N) is 1. The Balaban J connectivity index is 2.14. The molecular weight excluding hydrogens is 305 g/mol. The minimum Gasteiger partial charge on any atom is -0.207 e. The second-order valence-electron chi connectivity index (χ2n) is 3.87. The monoisotopic (exact) mass is 315 g/mol. The number of hydrogen-bond acceptors (Lipinski definition) is 2. The van der Waals surface area contributed by atoms with Gasteiger partial charge in [-0.05, 0) is 35.9 Å². The lowest BCUT2D eigenvalue weighted by Crippen LogP contribution is -2.23. The molecule has 19 heavy (non-hydrogen) atoms. The second-order valence-corrected chi connectivity index (χ2v) is 6.48. The highest BCUT2D eigenvalue weighted by molar-refractivity contribution is 7.89. The van der Waals surface area contributed by atoms with E-state index in [0.717, 1.165) is 5.56 Å². The third-order valence-corrected chi connectivity index (χ3v) is 4.57. The summed E-state index contributed by atoms with van der Waals surface area (Å²) < 4.78 is 26.6. The Morgan fingerprint density at radius 1 is 0.947 bits per heavy atom. The fourth-order valence-electron chi connectivity index (χ4n) is 1.51. The Morgan fingerprint density at radius 3 is 2.21 bits per heavy atom. The van der Waals surface area contributed by atoms with Gasteiger partial charge in [0.2, 0.25) is 10.0 Å². The molecule has 100 valence electrons. The maximum absolute atomic E-state index is 12.0. The molecule has 1 N–H and O–H groups in total. The number of sulfonamides is 1. The Labute approximate surface area is 122 Å². The molecule has 0 fully saturated rings. The number of hydrogen-bond donors (Lipinski definition) is 1. The van der Waals surface area contributed by atoms with Crippen molar-refractivity contribution in [1.29, 1.82) is 0 Å². The van der Waals surface area contributed by atoms with Crippen molar-refractivity contribution in [3.05, 3.63) is 64.1 Å². The van der Waals surface area contributed by atoms with E-state index in [1.165, 1.54) is 24.3 Å². The molecule has 0 spiro atoms. The Hall–Kier alpha value is -1.07. The summed E-state index contributed by atoms with van der Waals surface area (Å²) in [5.41, 5.74) is 0.724. The van der Waals surface area contributed by atoms with Crippen molar-refractivity contribution >= 4 is 33.2 Å². The molecule has 0 aliphatic rings. The molecule has 2 aromatic carbocycles. The first kappa shape index (κ1) is 14.3. The van der Waals surface area contributed by atoms with Crippen LogP contribution in [0.15, 0.2) is 53.4 Å². The van der Waals surface area contributed by atoms with Crippen LogP contribution in [0.5, 0.6) is 0 Å². The van der Waals surface area contributed by atoms with Gasteiger partial charge >= 0.3 is 0 Å². The predicted molar refractivity (Wildman–Crippen MR) is 76.9 cm³/mol. The van der Waals surface area contributed by atoms with E-state index in [4.69, 9.17) is 23.2 Å². The van der Waals surface area contributed by atoms with E-state index in [-0.39, 0.29) is 11.4 Å². The van der Waals surface area contributed by atoms with Crippen LogP contribution in [0.25, 0.3) is 0 Å². The molecule has 0 amide bonds. The lowest BCUT2D eigenvalue weighted by Gasteiger charge is -2.08. The van der Waals surface area contributed by atoms with E-state index >= 15 is 0 Å². The van der Waals surface area contributed by atoms with Gasteiger partial charge in [-0.2, -0.15) is 0 Å². The quantitative estimate of drug-likeness (QED) is 0.939. The average Bonchev–Trinajstić information content (AvgIpc) is 2.38. The molecule has 0 bridgehead atoms. The summed E-state index contributed by atoms with van der Waals surface area (Å²) in [6, 6.07) is 13.1. The van der Waals surface area contributed by atoms with Crippen LogP contribution in [0.3, 0.4) is 0 Å². The maximum atomic E-state index is 12.0. The van der Waals surface area contributed by atoms with Gasteiger partial charge in [-0.15, -0.1) is 0 Å². The van der Waals surface area contributed by atoms with E-state index in [0.29, 0.717) is 10.0 Å². The molecule has 0 saturated heterocycles. The fraction of sp³-hybridized carbons (Fsp3) is 0.0769. The van der Waals surface area contributed by atoms with Crippen LogP contribution < -0.4 is 4.72 Å². The van der Waals surface area contributed by atoms with Crippen molar-refractivity contribution in [2.75, 3.05) is 0 Å². The van der Waals surface area contributed by atoms with Crippen molar-refractivity contribution in [2.24, 2.45) is 0 Å². The van der Waals surface area contributed by atoms with Crippen LogP contribution in [0, 0.1) is 0 Å². The van der Waals surface area contributed by atoms with Gasteiger partial charge in [0.25, 0.3) is 0 Å². The first-order chi connectivity index (χ1) is 8.99. The third kappa shape index (κ3) is 3.70. The molecule has 0 aliphatic heterocycles. The summed E-state index contributed by atoms with van der Waals surface area (Å²) in [7, 11) is -3.56. The third-order valence-electron chi connectivity index (χ3n) is 2.53. The maximum Gasteiger partial charge on any atom is 0.240 e. The van der Waals surface area contributed by atoms with Crippen LogP contribution in [-0.4, -0.2) is 8.42 Å². The SMILES string of the molecule is O=S(=O)(NCc1ccccc1Cl)c1ccc(Cl)cc1. The molecule has 0 heterocycles. The van der Waals surface area contributed by atoms with E-state index in [1.807, 2.05) is 0 Å². The van der Waals surface area contributed by atoms with Gasteiger partial charge in [0.15, 0.2) is 0 Å². The summed E-state index contributed by atoms with van der Waals surface area (Å²) in [5.74, 6) is 0. The summed E-state index contributed by atoms with van der Waals surface area (Å²) in [6.07, 6.45) is 0. The van der Waals surface area contributed by atoms with Gasteiger partial charge in [0.05, 0.1) is 4.90 Å². The highest BCUT2D eigenvalue weighted by Crippen LogP contribution is 2.17. The molecule has 0 aromatic heterocycles. The lowest BCUT2D eigenvalue weighted by molar-refractivity contribution is 0.581. The van der Waals surface area contributed by atoms with Crippen LogP contribution in [0.1, 0.15) is 5.56 Å². The van der Waals surface area contributed by atoms with E-state index in [9.17, 15) is 8.42 Å². The van der Waals surface area contributed by atoms with E-state index in [1.54, 1.807) is 24.3 Å². The molecule has 3 nitrogen and oxygen atoms in total. The largest absolute Gasteiger partial charge is 0.240 e. The zero-order chi connectivity index (χ0) is 13.9. The average molecular weight is 316 g/mol. The Kier molecular flexibility index (Phi) is 4.47. The summed E-state index contributed by atoms with van der Waals surface area (Å²) in [4.78, 5) is 0.170. The van der Waals surface area contributed by atoms with Gasteiger partial charge in [0.1, 0.15) is 0 Å². The van der Waals surface area contributed by atoms with Crippen molar-refractivity contribution in [3.8, 4) is 0 Å². The zero-order valence-electron chi connectivity index (χ0n) is 9.81. The van der Waals surface area contributed by atoms with E-state index < -0.39 is 10.0 Å². The summed E-state index contributed by atoms with van der Waals surface area (Å²) >= 11 is 11.7. The topological polar surface area (TPSA) is 46.2 Å². The van der Waals surface area contributed by atoms with Gasteiger partial charge < -0.3 is 0 Å². The molecule has 2 aromatic rings. The molecule has 0 radical (unpaired) electrons. The number of rotatable bonds is 4. The second kappa shape index (κ2) is 5.92. The molecule has 6 heteroatoms. The Bertz CT molecular complexity index is 669. The van der Waals surface area contributed by atoms with Gasteiger partial charge in [0, 0.05) is 16.6 Å². The van der Waals surface area contributed by atoms with Crippen molar-refractivity contribution in [2.45, 2.75) is 11.4 Å². The molecule has 0 unspecified atom stereocenters. The van der Waals surface area contributed by atoms with Crippen LogP contribution in [0.4, 0.5) is 0 Å². The van der Waals surface area contributed by atoms with Crippen LogP contribution in [-0.2, 0) is 16.6 Å². The number of benzene rings is 2.